The second-order valence-electron chi connectivity index (χ2n) is 8.12. The molecular weight excluding hydrogens is 414 g/mol. The van der Waals surface area contributed by atoms with E-state index >= 15 is 0 Å². The number of aryl methyl sites for hydroxylation is 1. The van der Waals surface area contributed by atoms with Crippen LogP contribution in [0.1, 0.15) is 23.6 Å². The van der Waals surface area contributed by atoms with E-state index in [1.54, 1.807) is 41.7 Å². The van der Waals surface area contributed by atoms with Gasteiger partial charge in [-0.25, -0.2) is 4.98 Å². The minimum atomic E-state index is -0.655. The number of likely N-dealkylation sites (tertiary alicyclic amines) is 1. The van der Waals surface area contributed by atoms with Gasteiger partial charge >= 0.3 is 0 Å². The van der Waals surface area contributed by atoms with E-state index < -0.39 is 17.7 Å². The van der Waals surface area contributed by atoms with Crippen molar-refractivity contribution in [2.45, 2.75) is 19.0 Å². The summed E-state index contributed by atoms with van der Waals surface area (Å²) in [7, 11) is 0. The smallest absolute Gasteiger partial charge is 0.295 e. The standard InChI is InChI=1S/C27H23N3O3/c31-25(20-8-2-1-3-9-20)23-24(22-12-11-19-7-4-5-10-21(19)17-22)30(27(33)26(23)32)15-6-14-29-16-13-28-18-29/h1-5,7-13,16-18,24,31H,6,14-15H2/b25-23+. The molecule has 6 nitrogen and oxygen atoms in total. The van der Waals surface area contributed by atoms with Crippen molar-refractivity contribution in [3.05, 3.63) is 108 Å². The molecule has 1 aliphatic rings. The highest BCUT2D eigenvalue weighted by molar-refractivity contribution is 6.46. The molecule has 6 heteroatoms. The number of ketones is 1. The molecule has 164 valence electrons. The van der Waals surface area contributed by atoms with Gasteiger partial charge < -0.3 is 14.6 Å². The molecule has 1 amide bonds. The monoisotopic (exact) mass is 437 g/mol. The molecule has 0 spiro atoms. The lowest BCUT2D eigenvalue weighted by molar-refractivity contribution is -0.139. The van der Waals surface area contributed by atoms with Crippen LogP contribution in [0.3, 0.4) is 0 Å². The lowest BCUT2D eigenvalue weighted by Crippen LogP contribution is -2.31. The Balaban J connectivity index is 1.58. The van der Waals surface area contributed by atoms with Gasteiger partial charge in [0.15, 0.2) is 0 Å². The van der Waals surface area contributed by atoms with Crippen LogP contribution < -0.4 is 0 Å². The van der Waals surface area contributed by atoms with Gasteiger partial charge in [-0.15, -0.1) is 0 Å². The third kappa shape index (κ3) is 3.91. The zero-order valence-corrected chi connectivity index (χ0v) is 18.0. The first kappa shape index (κ1) is 20.7. The van der Waals surface area contributed by atoms with E-state index in [1.165, 1.54) is 0 Å². The van der Waals surface area contributed by atoms with E-state index in [2.05, 4.69) is 4.98 Å². The molecule has 1 N–H and O–H groups in total. The Morgan fingerprint density at radius 3 is 2.42 bits per heavy atom. The molecule has 1 aromatic heterocycles. The van der Waals surface area contributed by atoms with Crippen LogP contribution in [-0.2, 0) is 16.1 Å². The highest BCUT2D eigenvalue weighted by Crippen LogP contribution is 2.40. The molecule has 0 bridgehead atoms. The van der Waals surface area contributed by atoms with Gasteiger partial charge in [-0.3, -0.25) is 9.59 Å². The van der Waals surface area contributed by atoms with Gasteiger partial charge in [0.05, 0.1) is 17.9 Å². The summed E-state index contributed by atoms with van der Waals surface area (Å²) in [5, 5.41) is 13.2. The minimum absolute atomic E-state index is 0.129. The largest absolute Gasteiger partial charge is 0.507 e. The molecular formula is C27H23N3O3. The van der Waals surface area contributed by atoms with Gasteiger partial charge in [-0.2, -0.15) is 0 Å². The summed E-state index contributed by atoms with van der Waals surface area (Å²) in [6.45, 7) is 1.05. The molecule has 33 heavy (non-hydrogen) atoms. The number of aliphatic hydroxyl groups is 1. The van der Waals surface area contributed by atoms with Gasteiger partial charge in [-0.05, 0) is 28.8 Å². The molecule has 1 fully saturated rings. The summed E-state index contributed by atoms with van der Waals surface area (Å²) < 4.78 is 1.94. The van der Waals surface area contributed by atoms with Crippen LogP contribution in [0.4, 0.5) is 0 Å². The van der Waals surface area contributed by atoms with Crippen LogP contribution in [0.25, 0.3) is 16.5 Å². The fourth-order valence-corrected chi connectivity index (χ4v) is 4.43. The van der Waals surface area contributed by atoms with Crippen LogP contribution in [-0.4, -0.2) is 37.8 Å². The van der Waals surface area contributed by atoms with Crippen molar-refractivity contribution in [2.24, 2.45) is 0 Å². The first-order valence-corrected chi connectivity index (χ1v) is 10.9. The number of aliphatic hydroxyl groups excluding tert-OH is 1. The maximum absolute atomic E-state index is 13.1. The van der Waals surface area contributed by atoms with Crippen LogP contribution >= 0.6 is 0 Å². The number of hydrogen-bond donors (Lipinski definition) is 1. The summed E-state index contributed by atoms with van der Waals surface area (Å²) in [4.78, 5) is 31.9. The normalized spacial score (nSPS) is 17.7. The molecule has 2 heterocycles. The fourth-order valence-electron chi connectivity index (χ4n) is 4.43. The van der Waals surface area contributed by atoms with Crippen molar-refractivity contribution in [1.29, 1.82) is 0 Å². The second-order valence-corrected chi connectivity index (χ2v) is 8.12. The summed E-state index contributed by atoms with van der Waals surface area (Å²) >= 11 is 0. The summed E-state index contributed by atoms with van der Waals surface area (Å²) in [5.74, 6) is -1.39. The van der Waals surface area contributed by atoms with Gasteiger partial charge in [0, 0.05) is 31.0 Å². The molecule has 0 aliphatic carbocycles. The number of Topliss-reactive ketones (excluding diaryl/α,β-unsaturated/α-hetero) is 1. The topological polar surface area (TPSA) is 75.4 Å². The Kier molecular flexibility index (Phi) is 5.48. The highest BCUT2D eigenvalue weighted by Gasteiger charge is 2.45. The number of rotatable bonds is 6. The number of carbonyl (C=O) groups excluding carboxylic acids is 2. The number of aromatic nitrogens is 2. The SMILES string of the molecule is O=C1C(=O)N(CCCn2ccnc2)C(c2ccc3ccccc3c2)/C1=C(\O)c1ccccc1. The average molecular weight is 437 g/mol. The van der Waals surface area contributed by atoms with E-state index in [4.69, 9.17) is 0 Å². The van der Waals surface area contributed by atoms with E-state index in [0.717, 1.165) is 16.3 Å². The third-order valence-electron chi connectivity index (χ3n) is 6.05. The summed E-state index contributed by atoms with van der Waals surface area (Å²) in [5.41, 5.74) is 1.44. The Morgan fingerprint density at radius 2 is 1.67 bits per heavy atom. The Labute approximate surface area is 191 Å². The summed E-state index contributed by atoms with van der Waals surface area (Å²) in [6.07, 6.45) is 5.95. The van der Waals surface area contributed by atoms with Crippen molar-refractivity contribution in [2.75, 3.05) is 6.54 Å². The van der Waals surface area contributed by atoms with E-state index in [1.807, 2.05) is 59.3 Å². The molecule has 4 aromatic rings. The highest BCUT2D eigenvalue weighted by atomic mass is 16.3. The first-order valence-electron chi connectivity index (χ1n) is 10.9. The van der Waals surface area contributed by atoms with Crippen molar-refractivity contribution >= 4 is 28.2 Å². The lowest BCUT2D eigenvalue weighted by atomic mass is 9.93. The Hall–Kier alpha value is -4.19. The van der Waals surface area contributed by atoms with Crippen molar-refractivity contribution in [3.8, 4) is 0 Å². The number of benzene rings is 3. The van der Waals surface area contributed by atoms with Crippen LogP contribution in [0.15, 0.2) is 97.1 Å². The molecule has 1 saturated heterocycles. The number of amides is 1. The molecule has 0 radical (unpaired) electrons. The van der Waals surface area contributed by atoms with Gasteiger partial charge in [0.25, 0.3) is 11.7 Å². The second kappa shape index (κ2) is 8.74. The molecule has 1 atom stereocenters. The van der Waals surface area contributed by atoms with Crippen molar-refractivity contribution < 1.29 is 14.7 Å². The number of hydrogen-bond acceptors (Lipinski definition) is 4. The van der Waals surface area contributed by atoms with Gasteiger partial charge in [-0.1, -0.05) is 66.7 Å². The zero-order valence-electron chi connectivity index (χ0n) is 18.0. The molecule has 0 saturated carbocycles. The maximum atomic E-state index is 13.1. The maximum Gasteiger partial charge on any atom is 0.295 e. The number of carbonyl (C=O) groups is 2. The lowest BCUT2D eigenvalue weighted by Gasteiger charge is -2.25. The fraction of sp³-hybridized carbons (Fsp3) is 0.148. The van der Waals surface area contributed by atoms with Crippen LogP contribution in [0.5, 0.6) is 0 Å². The molecule has 1 unspecified atom stereocenters. The quantitative estimate of drug-likeness (QED) is 0.273. The predicted molar refractivity (Wildman–Crippen MR) is 126 cm³/mol. The molecule has 5 rings (SSSR count). The number of nitrogens with zero attached hydrogens (tertiary/aromatic N) is 3. The van der Waals surface area contributed by atoms with Gasteiger partial charge in [0.1, 0.15) is 5.76 Å². The van der Waals surface area contributed by atoms with Crippen LogP contribution in [0, 0.1) is 0 Å². The average Bonchev–Trinajstić information content (AvgIpc) is 3.46. The van der Waals surface area contributed by atoms with Gasteiger partial charge in [0.2, 0.25) is 0 Å². The predicted octanol–water partition coefficient (Wildman–Crippen LogP) is 4.55. The van der Waals surface area contributed by atoms with Crippen molar-refractivity contribution in [1.82, 2.24) is 14.5 Å². The van der Waals surface area contributed by atoms with Crippen LogP contribution in [0.2, 0.25) is 0 Å². The number of imidazole rings is 1. The van der Waals surface area contributed by atoms with Crippen molar-refractivity contribution in [3.63, 3.8) is 0 Å². The first-order chi connectivity index (χ1) is 16.1. The Morgan fingerprint density at radius 1 is 0.909 bits per heavy atom. The minimum Gasteiger partial charge on any atom is -0.507 e. The number of fused-ring (bicyclic) bond motifs is 1. The third-order valence-corrected chi connectivity index (χ3v) is 6.05. The molecule has 3 aromatic carbocycles. The Bertz CT molecular complexity index is 1340. The zero-order chi connectivity index (χ0) is 22.8. The van der Waals surface area contributed by atoms with E-state index in [0.29, 0.717) is 25.1 Å². The molecule has 1 aliphatic heterocycles. The summed E-state index contributed by atoms with van der Waals surface area (Å²) in [6, 6.07) is 22.1. The van der Waals surface area contributed by atoms with E-state index in [9.17, 15) is 14.7 Å². The van der Waals surface area contributed by atoms with E-state index in [-0.39, 0.29) is 11.3 Å².